The number of ether oxygens (including phenoxy) is 1. The highest BCUT2D eigenvalue weighted by atomic mass is 16.6. The molecule has 1 aromatic carbocycles. The molecule has 0 unspecified atom stereocenters. The summed E-state index contributed by atoms with van der Waals surface area (Å²) in [5.74, 6) is -0.536. The van der Waals surface area contributed by atoms with Gasteiger partial charge in [0.25, 0.3) is 5.69 Å². The standard InChI is InChI=1S/C16H17N3O5/c1-2-24-16(21)10-13-9-14(17-8-7-15(20)18(13)17)11-3-5-12(6-4-11)19(22)23/h3-6,10,14H,2,7-9H2,1H3/b13-10+/t14-/m0/s1. The Morgan fingerprint density at radius 3 is 2.75 bits per heavy atom. The van der Waals surface area contributed by atoms with E-state index >= 15 is 0 Å². The second-order valence-corrected chi connectivity index (χ2v) is 5.57. The van der Waals surface area contributed by atoms with E-state index in [9.17, 15) is 19.7 Å². The van der Waals surface area contributed by atoms with Crippen LogP contribution in [0.2, 0.25) is 0 Å². The van der Waals surface area contributed by atoms with Gasteiger partial charge in [-0.1, -0.05) is 12.1 Å². The third kappa shape index (κ3) is 2.88. The molecule has 0 aliphatic carbocycles. The van der Waals surface area contributed by atoms with Crippen LogP contribution in [0.5, 0.6) is 0 Å². The molecule has 2 saturated heterocycles. The van der Waals surface area contributed by atoms with Crippen LogP contribution in [0, 0.1) is 10.1 Å². The molecule has 126 valence electrons. The predicted molar refractivity (Wildman–Crippen MR) is 83.3 cm³/mol. The highest BCUT2D eigenvalue weighted by Crippen LogP contribution is 2.42. The maximum Gasteiger partial charge on any atom is 0.332 e. The Hall–Kier alpha value is -2.74. The first-order chi connectivity index (χ1) is 11.5. The lowest BCUT2D eigenvalue weighted by Gasteiger charge is -2.24. The average Bonchev–Trinajstić information content (AvgIpc) is 3.09. The van der Waals surface area contributed by atoms with Crippen LogP contribution in [0.3, 0.4) is 0 Å². The van der Waals surface area contributed by atoms with Crippen LogP contribution in [-0.4, -0.2) is 40.0 Å². The lowest BCUT2D eigenvalue weighted by Crippen LogP contribution is -2.32. The molecule has 8 nitrogen and oxygen atoms in total. The number of non-ortho nitro benzene ring substituents is 1. The molecule has 0 aromatic heterocycles. The molecule has 0 spiro atoms. The van der Waals surface area contributed by atoms with E-state index in [0.29, 0.717) is 25.1 Å². The van der Waals surface area contributed by atoms with E-state index in [1.165, 1.54) is 23.2 Å². The van der Waals surface area contributed by atoms with Crippen molar-refractivity contribution in [1.29, 1.82) is 0 Å². The minimum Gasteiger partial charge on any atom is -0.463 e. The van der Waals surface area contributed by atoms with Gasteiger partial charge in [0.2, 0.25) is 5.91 Å². The number of esters is 1. The highest BCUT2D eigenvalue weighted by molar-refractivity contribution is 5.86. The smallest absolute Gasteiger partial charge is 0.332 e. The molecule has 0 bridgehead atoms. The molecule has 0 radical (unpaired) electrons. The van der Waals surface area contributed by atoms with Crippen LogP contribution < -0.4 is 0 Å². The fourth-order valence-corrected chi connectivity index (χ4v) is 3.12. The number of nitro groups is 1. The number of hydrazine groups is 1. The van der Waals surface area contributed by atoms with Gasteiger partial charge in [-0.05, 0) is 12.5 Å². The topological polar surface area (TPSA) is 93.0 Å². The van der Waals surface area contributed by atoms with Crippen LogP contribution >= 0.6 is 0 Å². The second-order valence-electron chi connectivity index (χ2n) is 5.57. The summed E-state index contributed by atoms with van der Waals surface area (Å²) in [4.78, 5) is 34.2. The van der Waals surface area contributed by atoms with Crippen molar-refractivity contribution in [2.24, 2.45) is 0 Å². The van der Waals surface area contributed by atoms with Crippen molar-refractivity contribution < 1.29 is 19.2 Å². The quantitative estimate of drug-likeness (QED) is 0.362. The summed E-state index contributed by atoms with van der Waals surface area (Å²) >= 11 is 0. The van der Waals surface area contributed by atoms with E-state index in [4.69, 9.17) is 4.74 Å². The first-order valence-electron chi connectivity index (χ1n) is 7.72. The van der Waals surface area contributed by atoms with Gasteiger partial charge in [-0.15, -0.1) is 0 Å². The SMILES string of the molecule is CCOC(=O)/C=C1\C[C@@H](c2ccc([N+](=O)[O-])cc2)N2CCC(=O)N12. The Balaban J connectivity index is 1.88. The van der Waals surface area contributed by atoms with Crippen LogP contribution in [0.25, 0.3) is 0 Å². The Morgan fingerprint density at radius 1 is 1.42 bits per heavy atom. The van der Waals surface area contributed by atoms with Crippen molar-refractivity contribution in [2.45, 2.75) is 25.8 Å². The monoisotopic (exact) mass is 331 g/mol. The highest BCUT2D eigenvalue weighted by Gasteiger charge is 2.43. The lowest BCUT2D eigenvalue weighted by molar-refractivity contribution is -0.384. The zero-order valence-electron chi connectivity index (χ0n) is 13.2. The summed E-state index contributed by atoms with van der Waals surface area (Å²) in [6.45, 7) is 2.55. The Kier molecular flexibility index (Phi) is 4.30. The van der Waals surface area contributed by atoms with Gasteiger partial charge in [0.1, 0.15) is 0 Å². The minimum absolute atomic E-state index is 0.0217. The molecule has 0 saturated carbocycles. The Morgan fingerprint density at radius 2 is 2.12 bits per heavy atom. The second kappa shape index (κ2) is 6.40. The molecule has 2 heterocycles. The van der Waals surface area contributed by atoms with Crippen molar-refractivity contribution in [3.8, 4) is 0 Å². The number of fused-ring (bicyclic) bond motifs is 1. The van der Waals surface area contributed by atoms with Gasteiger partial charge in [-0.2, -0.15) is 0 Å². The average molecular weight is 331 g/mol. The van der Waals surface area contributed by atoms with Crippen LogP contribution in [0.15, 0.2) is 36.0 Å². The van der Waals surface area contributed by atoms with Crippen molar-refractivity contribution in [1.82, 2.24) is 10.0 Å². The molecule has 2 aliphatic heterocycles. The summed E-state index contributed by atoms with van der Waals surface area (Å²) < 4.78 is 4.92. The van der Waals surface area contributed by atoms with Crippen LogP contribution in [0.4, 0.5) is 5.69 Å². The summed E-state index contributed by atoms with van der Waals surface area (Å²) in [5, 5.41) is 14.2. The molecule has 1 amide bonds. The first-order valence-corrected chi connectivity index (χ1v) is 7.72. The largest absolute Gasteiger partial charge is 0.463 e. The van der Waals surface area contributed by atoms with Crippen molar-refractivity contribution in [3.63, 3.8) is 0 Å². The summed E-state index contributed by atoms with van der Waals surface area (Å²) in [6, 6.07) is 6.15. The van der Waals surface area contributed by atoms with Gasteiger partial charge in [-0.3, -0.25) is 14.9 Å². The number of hydrogen-bond donors (Lipinski definition) is 0. The third-order valence-corrected chi connectivity index (χ3v) is 4.14. The predicted octanol–water partition coefficient (Wildman–Crippen LogP) is 1.94. The van der Waals surface area contributed by atoms with Crippen molar-refractivity contribution >= 4 is 17.6 Å². The van der Waals surface area contributed by atoms with Crippen LogP contribution in [-0.2, 0) is 14.3 Å². The van der Waals surface area contributed by atoms with E-state index < -0.39 is 10.9 Å². The zero-order chi connectivity index (χ0) is 17.3. The number of benzene rings is 1. The van der Waals surface area contributed by atoms with E-state index in [2.05, 4.69) is 0 Å². The molecule has 0 N–H and O–H groups in total. The summed E-state index contributed by atoms with van der Waals surface area (Å²) in [5.41, 5.74) is 1.49. The molecular formula is C16H17N3O5. The van der Waals surface area contributed by atoms with E-state index in [-0.39, 0.29) is 24.2 Å². The molecule has 8 heteroatoms. The fourth-order valence-electron chi connectivity index (χ4n) is 3.12. The lowest BCUT2D eigenvalue weighted by atomic mass is 10.0. The fraction of sp³-hybridized carbons (Fsp3) is 0.375. The van der Waals surface area contributed by atoms with Gasteiger partial charge >= 0.3 is 5.97 Å². The molecular weight excluding hydrogens is 314 g/mol. The number of nitrogens with zero attached hydrogens (tertiary/aromatic N) is 3. The third-order valence-electron chi connectivity index (χ3n) is 4.14. The number of amides is 1. The van der Waals surface area contributed by atoms with Gasteiger partial charge in [0.15, 0.2) is 0 Å². The maximum absolute atomic E-state index is 12.1. The normalized spacial score (nSPS) is 22.0. The van der Waals surface area contributed by atoms with E-state index in [1.807, 2.05) is 5.01 Å². The number of carbonyl (C=O) groups excluding carboxylic acids is 2. The van der Waals surface area contributed by atoms with Crippen molar-refractivity contribution in [2.75, 3.05) is 13.2 Å². The van der Waals surface area contributed by atoms with E-state index in [1.54, 1.807) is 19.1 Å². The van der Waals surface area contributed by atoms with Gasteiger partial charge in [0, 0.05) is 43.3 Å². The number of hydrogen-bond acceptors (Lipinski definition) is 6. The van der Waals surface area contributed by atoms with Gasteiger partial charge < -0.3 is 4.74 Å². The molecule has 3 rings (SSSR count). The van der Waals surface area contributed by atoms with Gasteiger partial charge in [-0.25, -0.2) is 14.8 Å². The Bertz CT molecular complexity index is 713. The zero-order valence-corrected chi connectivity index (χ0v) is 13.2. The minimum atomic E-state index is -0.475. The molecule has 1 atom stereocenters. The number of rotatable bonds is 4. The number of nitro benzene ring substituents is 1. The molecule has 2 fully saturated rings. The van der Waals surface area contributed by atoms with Gasteiger partial charge in [0.05, 0.1) is 17.6 Å². The molecule has 1 aromatic rings. The number of carbonyl (C=O) groups is 2. The van der Waals surface area contributed by atoms with E-state index in [0.717, 1.165) is 5.56 Å². The van der Waals surface area contributed by atoms with Crippen LogP contribution in [0.1, 0.15) is 31.4 Å². The molecule has 24 heavy (non-hydrogen) atoms. The summed E-state index contributed by atoms with van der Waals surface area (Å²) in [7, 11) is 0. The maximum atomic E-state index is 12.1. The first kappa shape index (κ1) is 16.1. The Labute approximate surface area is 138 Å². The van der Waals surface area contributed by atoms with Crippen molar-refractivity contribution in [3.05, 3.63) is 51.7 Å². The molecule has 2 aliphatic rings. The summed E-state index contributed by atoms with van der Waals surface area (Å²) in [6.07, 6.45) is 2.21.